The lowest BCUT2D eigenvalue weighted by Gasteiger charge is -2.37. The molecule has 2 nitrogen and oxygen atoms in total. The SMILES string of the molecule is CCCC(C)(C)N[C@H]1CC[C@H](N(C)C)CC1. The lowest BCUT2D eigenvalue weighted by atomic mass is 9.88. The van der Waals surface area contributed by atoms with Gasteiger partial charge < -0.3 is 10.2 Å². The summed E-state index contributed by atoms with van der Waals surface area (Å²) in [7, 11) is 4.42. The average Bonchev–Trinajstić information content (AvgIpc) is 2.17. The second kappa shape index (κ2) is 6.02. The van der Waals surface area contributed by atoms with Crippen LogP contribution in [0.2, 0.25) is 0 Å². The number of rotatable bonds is 5. The molecule has 1 rings (SSSR count). The number of hydrogen-bond donors (Lipinski definition) is 1. The fourth-order valence-electron chi connectivity index (χ4n) is 2.99. The van der Waals surface area contributed by atoms with E-state index in [-0.39, 0.29) is 0 Å². The zero-order valence-corrected chi connectivity index (χ0v) is 11.8. The minimum Gasteiger partial charge on any atom is -0.309 e. The summed E-state index contributed by atoms with van der Waals surface area (Å²) >= 11 is 0. The van der Waals surface area contributed by atoms with E-state index in [1.54, 1.807) is 0 Å². The summed E-state index contributed by atoms with van der Waals surface area (Å²) in [6, 6.07) is 1.56. The molecule has 1 fully saturated rings. The molecule has 0 amide bonds. The molecule has 0 heterocycles. The summed E-state index contributed by atoms with van der Waals surface area (Å²) in [5, 5.41) is 3.84. The highest BCUT2D eigenvalue weighted by Crippen LogP contribution is 2.24. The zero-order chi connectivity index (χ0) is 12.2. The molecule has 0 bridgehead atoms. The number of nitrogens with one attached hydrogen (secondary N) is 1. The molecular formula is C14H30N2. The summed E-state index contributed by atoms with van der Waals surface area (Å²) < 4.78 is 0. The van der Waals surface area contributed by atoms with Crippen molar-refractivity contribution in [1.29, 1.82) is 0 Å². The van der Waals surface area contributed by atoms with E-state index in [0.717, 1.165) is 12.1 Å². The van der Waals surface area contributed by atoms with Crippen LogP contribution in [0.25, 0.3) is 0 Å². The highest BCUT2D eigenvalue weighted by atomic mass is 15.1. The third kappa shape index (κ3) is 4.42. The fraction of sp³-hybridized carbons (Fsp3) is 1.00. The molecule has 0 aromatic heterocycles. The van der Waals surface area contributed by atoms with Crippen LogP contribution < -0.4 is 5.32 Å². The van der Waals surface area contributed by atoms with Crippen LogP contribution in [0, 0.1) is 0 Å². The highest BCUT2D eigenvalue weighted by molar-refractivity contribution is 4.86. The van der Waals surface area contributed by atoms with Crippen molar-refractivity contribution in [2.75, 3.05) is 14.1 Å². The largest absolute Gasteiger partial charge is 0.309 e. The normalized spacial score (nSPS) is 27.4. The first kappa shape index (κ1) is 14.0. The highest BCUT2D eigenvalue weighted by Gasteiger charge is 2.26. The van der Waals surface area contributed by atoms with E-state index in [1.165, 1.54) is 38.5 Å². The lowest BCUT2D eigenvalue weighted by molar-refractivity contribution is 0.183. The van der Waals surface area contributed by atoms with Crippen LogP contribution in [0.4, 0.5) is 0 Å². The molecule has 0 aromatic carbocycles. The van der Waals surface area contributed by atoms with Gasteiger partial charge in [-0.05, 0) is 60.0 Å². The number of nitrogens with zero attached hydrogens (tertiary/aromatic N) is 1. The molecule has 0 atom stereocenters. The average molecular weight is 226 g/mol. The Morgan fingerprint density at radius 1 is 1.12 bits per heavy atom. The monoisotopic (exact) mass is 226 g/mol. The van der Waals surface area contributed by atoms with E-state index in [0.29, 0.717) is 5.54 Å². The minimum absolute atomic E-state index is 0.324. The number of hydrogen-bond acceptors (Lipinski definition) is 2. The Kier molecular flexibility index (Phi) is 5.26. The van der Waals surface area contributed by atoms with Crippen molar-refractivity contribution in [3.05, 3.63) is 0 Å². The topological polar surface area (TPSA) is 15.3 Å². The van der Waals surface area contributed by atoms with Gasteiger partial charge in [-0.1, -0.05) is 13.3 Å². The molecule has 0 radical (unpaired) electrons. The predicted octanol–water partition coefficient (Wildman–Crippen LogP) is 3.03. The third-order valence-corrected chi connectivity index (χ3v) is 3.90. The maximum Gasteiger partial charge on any atom is 0.0127 e. The molecule has 0 saturated heterocycles. The Morgan fingerprint density at radius 3 is 2.12 bits per heavy atom. The summed E-state index contributed by atoms with van der Waals surface area (Å²) in [4.78, 5) is 2.38. The van der Waals surface area contributed by atoms with Gasteiger partial charge in [0.15, 0.2) is 0 Å². The first-order chi connectivity index (χ1) is 7.44. The molecule has 0 aromatic rings. The second-order valence-electron chi connectivity index (χ2n) is 6.25. The van der Waals surface area contributed by atoms with Gasteiger partial charge in [0.2, 0.25) is 0 Å². The Bertz CT molecular complexity index is 191. The van der Waals surface area contributed by atoms with Crippen molar-refractivity contribution >= 4 is 0 Å². The van der Waals surface area contributed by atoms with Gasteiger partial charge in [-0.3, -0.25) is 0 Å². The van der Waals surface area contributed by atoms with Gasteiger partial charge in [0, 0.05) is 17.6 Å². The van der Waals surface area contributed by atoms with Gasteiger partial charge in [0.05, 0.1) is 0 Å². The first-order valence-corrected chi connectivity index (χ1v) is 6.88. The van der Waals surface area contributed by atoms with E-state index in [4.69, 9.17) is 0 Å². The van der Waals surface area contributed by atoms with Crippen LogP contribution in [-0.2, 0) is 0 Å². The van der Waals surface area contributed by atoms with Crippen molar-refractivity contribution in [2.45, 2.75) is 76.9 Å². The molecule has 1 aliphatic rings. The van der Waals surface area contributed by atoms with Crippen LogP contribution in [0.15, 0.2) is 0 Å². The van der Waals surface area contributed by atoms with Crippen molar-refractivity contribution in [2.24, 2.45) is 0 Å². The third-order valence-electron chi connectivity index (χ3n) is 3.90. The van der Waals surface area contributed by atoms with Crippen molar-refractivity contribution < 1.29 is 0 Å². The maximum absolute atomic E-state index is 3.84. The standard InChI is InChI=1S/C14H30N2/c1-6-11-14(2,3)15-12-7-9-13(10-8-12)16(4)5/h12-13,15H,6-11H2,1-5H3/t12-,13-. The Hall–Kier alpha value is -0.0800. The molecular weight excluding hydrogens is 196 g/mol. The van der Waals surface area contributed by atoms with E-state index >= 15 is 0 Å². The molecule has 2 heteroatoms. The maximum atomic E-state index is 3.84. The minimum atomic E-state index is 0.324. The molecule has 1 aliphatic carbocycles. The fourth-order valence-corrected chi connectivity index (χ4v) is 2.99. The molecule has 0 aliphatic heterocycles. The zero-order valence-electron chi connectivity index (χ0n) is 11.8. The van der Waals surface area contributed by atoms with Gasteiger partial charge >= 0.3 is 0 Å². The van der Waals surface area contributed by atoms with Crippen molar-refractivity contribution in [3.8, 4) is 0 Å². The molecule has 1 N–H and O–H groups in total. The van der Waals surface area contributed by atoms with Crippen molar-refractivity contribution in [3.63, 3.8) is 0 Å². The van der Waals surface area contributed by atoms with Crippen LogP contribution in [0.3, 0.4) is 0 Å². The van der Waals surface area contributed by atoms with Crippen LogP contribution in [0.1, 0.15) is 59.3 Å². The van der Waals surface area contributed by atoms with E-state index in [9.17, 15) is 0 Å². The second-order valence-corrected chi connectivity index (χ2v) is 6.25. The van der Waals surface area contributed by atoms with Gasteiger partial charge in [-0.2, -0.15) is 0 Å². The Balaban J connectivity index is 2.31. The van der Waals surface area contributed by atoms with Crippen molar-refractivity contribution in [1.82, 2.24) is 10.2 Å². The molecule has 0 spiro atoms. The summed E-state index contributed by atoms with van der Waals surface area (Å²) in [5.74, 6) is 0. The Morgan fingerprint density at radius 2 is 1.69 bits per heavy atom. The lowest BCUT2D eigenvalue weighted by Crippen LogP contribution is -2.48. The molecule has 16 heavy (non-hydrogen) atoms. The quantitative estimate of drug-likeness (QED) is 0.775. The van der Waals surface area contributed by atoms with E-state index in [2.05, 4.69) is 45.1 Å². The molecule has 0 unspecified atom stereocenters. The van der Waals surface area contributed by atoms with Gasteiger partial charge in [0.1, 0.15) is 0 Å². The van der Waals surface area contributed by atoms with Crippen LogP contribution in [0.5, 0.6) is 0 Å². The van der Waals surface area contributed by atoms with Crippen LogP contribution >= 0.6 is 0 Å². The molecule has 1 saturated carbocycles. The van der Waals surface area contributed by atoms with E-state index in [1.807, 2.05) is 0 Å². The van der Waals surface area contributed by atoms with Gasteiger partial charge in [-0.25, -0.2) is 0 Å². The van der Waals surface area contributed by atoms with Gasteiger partial charge in [0.25, 0.3) is 0 Å². The summed E-state index contributed by atoms with van der Waals surface area (Å²) in [6.07, 6.45) is 7.94. The summed E-state index contributed by atoms with van der Waals surface area (Å²) in [5.41, 5.74) is 0.324. The van der Waals surface area contributed by atoms with Crippen LogP contribution in [-0.4, -0.2) is 36.6 Å². The van der Waals surface area contributed by atoms with E-state index < -0.39 is 0 Å². The smallest absolute Gasteiger partial charge is 0.0127 e. The van der Waals surface area contributed by atoms with Gasteiger partial charge in [-0.15, -0.1) is 0 Å². The molecule has 96 valence electrons. The summed E-state index contributed by atoms with van der Waals surface area (Å²) in [6.45, 7) is 6.95. The first-order valence-electron chi connectivity index (χ1n) is 6.88. The Labute approximate surface area is 102 Å². The predicted molar refractivity (Wildman–Crippen MR) is 71.9 cm³/mol.